The average molecular weight is 286 g/mol. The Hall–Kier alpha value is -1.72. The molecule has 2 heterocycles. The van der Waals surface area contributed by atoms with Crippen LogP contribution in [0, 0.1) is 0 Å². The number of rotatable bonds is 4. The normalized spacial score (nSPS) is 18.8. The van der Waals surface area contributed by atoms with Gasteiger partial charge in [0.05, 0.1) is 6.54 Å². The van der Waals surface area contributed by atoms with E-state index < -0.39 is 0 Å². The average Bonchev–Trinajstić information content (AvgIpc) is 2.99. The van der Waals surface area contributed by atoms with Gasteiger partial charge >= 0.3 is 0 Å². The molecule has 1 aromatic carbocycles. The molecule has 1 saturated heterocycles. The Morgan fingerprint density at radius 2 is 1.90 bits per heavy atom. The number of hydrogen-bond donors (Lipinski definition) is 1. The summed E-state index contributed by atoms with van der Waals surface area (Å²) in [7, 11) is 2.04. The van der Waals surface area contributed by atoms with E-state index >= 15 is 0 Å². The van der Waals surface area contributed by atoms with Gasteiger partial charge in [0.1, 0.15) is 0 Å². The van der Waals surface area contributed by atoms with Crippen molar-refractivity contribution in [3.05, 3.63) is 36.2 Å². The van der Waals surface area contributed by atoms with Crippen molar-refractivity contribution in [2.24, 2.45) is 0 Å². The summed E-state index contributed by atoms with van der Waals surface area (Å²) < 4.78 is 5.77. The number of nitrogens with one attached hydrogen (secondary N) is 1. The van der Waals surface area contributed by atoms with Crippen molar-refractivity contribution in [2.45, 2.75) is 31.8 Å². The van der Waals surface area contributed by atoms with E-state index in [0.717, 1.165) is 38.0 Å². The Morgan fingerprint density at radius 3 is 2.57 bits per heavy atom. The molecule has 1 fully saturated rings. The molecular weight excluding hydrogens is 264 g/mol. The van der Waals surface area contributed by atoms with Crippen LogP contribution in [0.1, 0.15) is 25.7 Å². The second kappa shape index (κ2) is 5.95. The van der Waals surface area contributed by atoms with Gasteiger partial charge in [-0.15, -0.1) is 10.2 Å². The molecule has 0 atom stereocenters. The first-order valence-electron chi connectivity index (χ1n) is 7.48. The van der Waals surface area contributed by atoms with E-state index in [2.05, 4.69) is 27.3 Å². The number of hydrogen-bond acceptors (Lipinski definition) is 5. The van der Waals surface area contributed by atoms with Crippen molar-refractivity contribution in [3.63, 3.8) is 0 Å². The van der Waals surface area contributed by atoms with Gasteiger partial charge in [0.25, 0.3) is 0 Å². The molecule has 1 N–H and O–H groups in total. The van der Waals surface area contributed by atoms with Crippen molar-refractivity contribution in [1.29, 1.82) is 0 Å². The topological polar surface area (TPSA) is 54.2 Å². The Bertz CT molecular complexity index is 573. The van der Waals surface area contributed by atoms with Crippen LogP contribution in [0.5, 0.6) is 0 Å². The minimum Gasteiger partial charge on any atom is -0.419 e. The first kappa shape index (κ1) is 14.2. The minimum absolute atomic E-state index is 0.264. The zero-order valence-electron chi connectivity index (χ0n) is 12.7. The van der Waals surface area contributed by atoms with Gasteiger partial charge in [-0.25, -0.2) is 0 Å². The minimum atomic E-state index is 0.264. The third kappa shape index (κ3) is 3.31. The zero-order valence-corrected chi connectivity index (χ0v) is 12.7. The quantitative estimate of drug-likeness (QED) is 0.934. The van der Waals surface area contributed by atoms with Crippen LogP contribution in [-0.2, 0) is 6.54 Å². The van der Waals surface area contributed by atoms with Crippen molar-refractivity contribution >= 4 is 0 Å². The molecule has 1 aliphatic heterocycles. The number of likely N-dealkylation sites (tertiary alicyclic amines) is 1. The van der Waals surface area contributed by atoms with Crippen molar-refractivity contribution in [3.8, 4) is 11.5 Å². The lowest BCUT2D eigenvalue weighted by Crippen LogP contribution is -2.49. The molecule has 0 amide bonds. The highest BCUT2D eigenvalue weighted by Crippen LogP contribution is 2.23. The van der Waals surface area contributed by atoms with Gasteiger partial charge < -0.3 is 9.73 Å². The molecule has 0 spiro atoms. The van der Waals surface area contributed by atoms with E-state index in [9.17, 15) is 0 Å². The molecule has 0 saturated carbocycles. The lowest BCUT2D eigenvalue weighted by atomic mass is 9.90. The summed E-state index contributed by atoms with van der Waals surface area (Å²) in [6.07, 6.45) is 2.28. The fourth-order valence-corrected chi connectivity index (χ4v) is 2.66. The standard InChI is InChI=1S/C16H22N4O/c1-16(17-2)8-10-20(11-9-16)12-14-18-19-15(21-14)13-6-4-3-5-7-13/h3-7,17H,8-12H2,1-2H3. The summed E-state index contributed by atoms with van der Waals surface area (Å²) in [5.41, 5.74) is 1.23. The van der Waals surface area contributed by atoms with Crippen molar-refractivity contribution < 1.29 is 4.42 Å². The van der Waals surface area contributed by atoms with Gasteiger partial charge in [-0.1, -0.05) is 18.2 Å². The van der Waals surface area contributed by atoms with E-state index in [-0.39, 0.29) is 5.54 Å². The molecule has 0 unspecified atom stereocenters. The van der Waals surface area contributed by atoms with Crippen LogP contribution in [0.3, 0.4) is 0 Å². The largest absolute Gasteiger partial charge is 0.419 e. The molecule has 0 aliphatic carbocycles. The molecule has 1 aliphatic rings. The first-order chi connectivity index (χ1) is 10.2. The summed E-state index contributed by atoms with van der Waals surface area (Å²) in [6, 6.07) is 9.89. The second-order valence-electron chi connectivity index (χ2n) is 5.95. The van der Waals surface area contributed by atoms with Crippen LogP contribution in [-0.4, -0.2) is 40.8 Å². The van der Waals surface area contributed by atoms with Crippen LogP contribution in [0.4, 0.5) is 0 Å². The Morgan fingerprint density at radius 1 is 1.19 bits per heavy atom. The maximum Gasteiger partial charge on any atom is 0.247 e. The van der Waals surface area contributed by atoms with Crippen LogP contribution < -0.4 is 5.32 Å². The highest BCUT2D eigenvalue weighted by molar-refractivity contribution is 5.51. The van der Waals surface area contributed by atoms with E-state index in [1.165, 1.54) is 0 Å². The van der Waals surface area contributed by atoms with E-state index in [1.807, 2.05) is 37.4 Å². The summed E-state index contributed by atoms with van der Waals surface area (Å²) in [6.45, 7) is 5.13. The Kier molecular flexibility index (Phi) is 4.03. The smallest absolute Gasteiger partial charge is 0.247 e. The number of benzene rings is 1. The molecule has 112 valence electrons. The zero-order chi connectivity index (χ0) is 14.7. The van der Waals surface area contributed by atoms with Crippen molar-refractivity contribution in [2.75, 3.05) is 20.1 Å². The molecule has 21 heavy (non-hydrogen) atoms. The third-order valence-corrected chi connectivity index (χ3v) is 4.41. The molecule has 5 nitrogen and oxygen atoms in total. The van der Waals surface area contributed by atoms with E-state index in [4.69, 9.17) is 4.42 Å². The summed E-state index contributed by atoms with van der Waals surface area (Å²) in [5, 5.41) is 11.7. The monoisotopic (exact) mass is 286 g/mol. The highest BCUT2D eigenvalue weighted by Gasteiger charge is 2.28. The first-order valence-corrected chi connectivity index (χ1v) is 7.48. The Labute approximate surface area is 125 Å². The molecule has 5 heteroatoms. The lowest BCUT2D eigenvalue weighted by Gasteiger charge is -2.38. The Balaban J connectivity index is 1.61. The number of aromatic nitrogens is 2. The predicted molar refractivity (Wildman–Crippen MR) is 81.7 cm³/mol. The fraction of sp³-hybridized carbons (Fsp3) is 0.500. The summed E-state index contributed by atoms with van der Waals surface area (Å²) in [4.78, 5) is 2.38. The fourth-order valence-electron chi connectivity index (χ4n) is 2.66. The lowest BCUT2D eigenvalue weighted by molar-refractivity contribution is 0.137. The van der Waals surface area contributed by atoms with Gasteiger partial charge in [0.2, 0.25) is 11.8 Å². The summed E-state index contributed by atoms with van der Waals surface area (Å²) >= 11 is 0. The molecule has 0 bridgehead atoms. The maximum absolute atomic E-state index is 5.77. The third-order valence-electron chi connectivity index (χ3n) is 4.41. The second-order valence-corrected chi connectivity index (χ2v) is 5.95. The van der Waals surface area contributed by atoms with Crippen LogP contribution in [0.25, 0.3) is 11.5 Å². The van der Waals surface area contributed by atoms with Gasteiger partial charge in [0.15, 0.2) is 0 Å². The molecule has 3 rings (SSSR count). The van der Waals surface area contributed by atoms with Crippen molar-refractivity contribution in [1.82, 2.24) is 20.4 Å². The molecular formula is C16H22N4O. The molecule has 2 aromatic rings. The SMILES string of the molecule is CNC1(C)CCN(Cc2nnc(-c3ccccc3)o2)CC1. The van der Waals surface area contributed by atoms with Gasteiger partial charge in [-0.2, -0.15) is 0 Å². The predicted octanol–water partition coefficient (Wildman–Crippen LogP) is 2.31. The van der Waals surface area contributed by atoms with Crippen LogP contribution in [0.15, 0.2) is 34.7 Å². The maximum atomic E-state index is 5.77. The highest BCUT2D eigenvalue weighted by atomic mass is 16.4. The summed E-state index contributed by atoms with van der Waals surface area (Å²) in [5.74, 6) is 1.30. The van der Waals surface area contributed by atoms with Crippen LogP contribution in [0.2, 0.25) is 0 Å². The van der Waals surface area contributed by atoms with E-state index in [0.29, 0.717) is 11.8 Å². The number of nitrogens with zero attached hydrogens (tertiary/aromatic N) is 3. The van der Waals surface area contributed by atoms with Gasteiger partial charge in [-0.05, 0) is 38.9 Å². The molecule has 1 aromatic heterocycles. The molecule has 0 radical (unpaired) electrons. The van der Waals surface area contributed by atoms with Gasteiger partial charge in [-0.3, -0.25) is 4.90 Å². The number of piperidine rings is 1. The van der Waals surface area contributed by atoms with Crippen LogP contribution >= 0.6 is 0 Å². The van der Waals surface area contributed by atoms with E-state index in [1.54, 1.807) is 0 Å². The van der Waals surface area contributed by atoms with Gasteiger partial charge in [0, 0.05) is 24.2 Å².